The van der Waals surface area contributed by atoms with Crippen LogP contribution in [0.4, 0.5) is 0 Å². The number of carbonyl (C=O) groups is 1. The van der Waals surface area contributed by atoms with E-state index in [0.29, 0.717) is 36.0 Å². The number of benzene rings is 2. The molecule has 1 aliphatic heterocycles. The Morgan fingerprint density at radius 2 is 2.15 bits per heavy atom. The van der Waals surface area contributed by atoms with Gasteiger partial charge in [-0.2, -0.15) is 5.26 Å². The molecule has 1 amide bonds. The molecular weight excluding hydrogens is 334 g/mol. The van der Waals surface area contributed by atoms with Gasteiger partial charge in [0.15, 0.2) is 11.5 Å². The molecule has 3 N–H and O–H groups in total. The maximum absolute atomic E-state index is 11.1. The van der Waals surface area contributed by atoms with Gasteiger partial charge in [0.05, 0.1) is 17.7 Å². The van der Waals surface area contributed by atoms with Gasteiger partial charge in [-0.15, -0.1) is 0 Å². The third kappa shape index (κ3) is 3.87. The van der Waals surface area contributed by atoms with Gasteiger partial charge >= 0.3 is 0 Å². The second-order valence-electron chi connectivity index (χ2n) is 5.89. The second-order valence-corrected chi connectivity index (χ2v) is 5.89. The van der Waals surface area contributed by atoms with Crippen molar-refractivity contribution in [2.24, 2.45) is 5.73 Å². The number of primary amides is 1. The molecule has 0 saturated heterocycles. The van der Waals surface area contributed by atoms with Crippen LogP contribution in [0.25, 0.3) is 0 Å². The molecule has 7 heteroatoms. The molecular formula is C19H19N3O4. The zero-order chi connectivity index (χ0) is 18.5. The van der Waals surface area contributed by atoms with Gasteiger partial charge < -0.3 is 25.3 Å². The van der Waals surface area contributed by atoms with E-state index >= 15 is 0 Å². The Hall–Kier alpha value is -3.24. The Morgan fingerprint density at radius 1 is 1.35 bits per heavy atom. The highest BCUT2D eigenvalue weighted by Crippen LogP contribution is 2.43. The molecule has 0 aliphatic carbocycles. The largest absolute Gasteiger partial charge is 0.485 e. The predicted octanol–water partition coefficient (Wildman–Crippen LogP) is 1.83. The van der Waals surface area contributed by atoms with Gasteiger partial charge in [0.1, 0.15) is 6.61 Å². The van der Waals surface area contributed by atoms with Crippen molar-refractivity contribution >= 4 is 5.91 Å². The lowest BCUT2D eigenvalue weighted by Gasteiger charge is -2.14. The summed E-state index contributed by atoms with van der Waals surface area (Å²) in [6, 6.07) is 12.5. The molecule has 134 valence electrons. The minimum atomic E-state index is -0.448. The minimum absolute atomic E-state index is 0.109. The smallest absolute Gasteiger partial charge is 0.234 e. The van der Waals surface area contributed by atoms with Gasteiger partial charge in [-0.3, -0.25) is 4.79 Å². The van der Waals surface area contributed by atoms with Crippen LogP contribution in [0.3, 0.4) is 0 Å². The minimum Gasteiger partial charge on any atom is -0.485 e. The van der Waals surface area contributed by atoms with Crippen molar-refractivity contribution in [3.8, 4) is 23.3 Å². The Kier molecular flexibility index (Phi) is 5.25. The first-order chi connectivity index (χ1) is 12.6. The van der Waals surface area contributed by atoms with E-state index in [1.54, 1.807) is 25.1 Å². The van der Waals surface area contributed by atoms with E-state index in [9.17, 15) is 4.79 Å². The number of hydrogen-bond donors (Lipinski definition) is 2. The Bertz CT molecular complexity index is 860. The number of fused-ring (bicyclic) bond motifs is 1. The number of amides is 1. The summed E-state index contributed by atoms with van der Waals surface area (Å²) in [6.07, 6.45) is 0. The number of nitriles is 1. The van der Waals surface area contributed by atoms with E-state index in [-0.39, 0.29) is 6.79 Å². The molecule has 3 rings (SSSR count). The maximum Gasteiger partial charge on any atom is 0.234 e. The molecule has 2 aromatic carbocycles. The number of carbonyl (C=O) groups excluding carboxylic acids is 1. The normalized spacial score (nSPS) is 13.1. The summed E-state index contributed by atoms with van der Waals surface area (Å²) in [4.78, 5) is 11.1. The van der Waals surface area contributed by atoms with Crippen molar-refractivity contribution < 1.29 is 19.0 Å². The first-order valence-corrected chi connectivity index (χ1v) is 8.14. The highest BCUT2D eigenvalue weighted by atomic mass is 16.7. The maximum atomic E-state index is 11.1. The molecule has 0 aromatic heterocycles. The summed E-state index contributed by atoms with van der Waals surface area (Å²) in [7, 11) is 0. The van der Waals surface area contributed by atoms with Crippen LogP contribution in [0.1, 0.15) is 23.6 Å². The second kappa shape index (κ2) is 7.76. The van der Waals surface area contributed by atoms with Gasteiger partial charge in [-0.1, -0.05) is 18.2 Å². The van der Waals surface area contributed by atoms with Crippen LogP contribution in [0.2, 0.25) is 0 Å². The van der Waals surface area contributed by atoms with Gasteiger partial charge in [0, 0.05) is 12.1 Å². The molecule has 1 heterocycles. The van der Waals surface area contributed by atoms with Crippen LogP contribution in [0.15, 0.2) is 36.4 Å². The first-order valence-electron chi connectivity index (χ1n) is 8.14. The van der Waals surface area contributed by atoms with E-state index in [4.69, 9.17) is 25.2 Å². The zero-order valence-corrected chi connectivity index (χ0v) is 14.3. The average molecular weight is 353 g/mol. The standard InChI is InChI=1S/C19H19N3O4/c1-12(19(21)23)22-9-15-5-6-16(18-17(15)25-11-26-18)24-10-14-4-2-3-13(7-14)8-20/h2-7,12,22H,9-11H2,1H3,(H2,21,23)/t12-/m0/s1. The van der Waals surface area contributed by atoms with E-state index in [2.05, 4.69) is 11.4 Å². The van der Waals surface area contributed by atoms with Crippen molar-refractivity contribution in [1.82, 2.24) is 5.32 Å². The summed E-state index contributed by atoms with van der Waals surface area (Å²) in [5.41, 5.74) is 7.58. The van der Waals surface area contributed by atoms with Crippen molar-refractivity contribution in [3.05, 3.63) is 53.1 Å². The third-order valence-electron chi connectivity index (χ3n) is 4.04. The van der Waals surface area contributed by atoms with Crippen LogP contribution >= 0.6 is 0 Å². The summed E-state index contributed by atoms with van der Waals surface area (Å²) in [5, 5.41) is 12.0. The van der Waals surface area contributed by atoms with E-state index in [1.165, 1.54) is 0 Å². The van der Waals surface area contributed by atoms with Crippen LogP contribution < -0.4 is 25.3 Å². The molecule has 7 nitrogen and oxygen atoms in total. The van der Waals surface area contributed by atoms with Crippen LogP contribution in [0.5, 0.6) is 17.2 Å². The third-order valence-corrected chi connectivity index (χ3v) is 4.04. The highest BCUT2D eigenvalue weighted by Gasteiger charge is 2.23. The number of rotatable bonds is 7. The van der Waals surface area contributed by atoms with Crippen molar-refractivity contribution in [1.29, 1.82) is 5.26 Å². The van der Waals surface area contributed by atoms with Crippen molar-refractivity contribution in [2.75, 3.05) is 6.79 Å². The van der Waals surface area contributed by atoms with Crippen LogP contribution in [-0.4, -0.2) is 18.7 Å². The molecule has 0 fully saturated rings. The molecule has 0 radical (unpaired) electrons. The molecule has 1 aliphatic rings. The summed E-state index contributed by atoms with van der Waals surface area (Å²) in [5.74, 6) is 1.27. The Labute approximate surface area is 151 Å². The number of hydrogen-bond acceptors (Lipinski definition) is 6. The summed E-state index contributed by atoms with van der Waals surface area (Å²) in [6.45, 7) is 2.53. The Morgan fingerprint density at radius 3 is 2.92 bits per heavy atom. The molecule has 0 unspecified atom stereocenters. The van der Waals surface area contributed by atoms with Crippen LogP contribution in [-0.2, 0) is 17.9 Å². The molecule has 0 bridgehead atoms. The van der Waals surface area contributed by atoms with Crippen molar-refractivity contribution in [2.45, 2.75) is 26.1 Å². The fraction of sp³-hybridized carbons (Fsp3) is 0.263. The van der Waals surface area contributed by atoms with Crippen LogP contribution in [0, 0.1) is 11.3 Å². The quantitative estimate of drug-likeness (QED) is 0.786. The summed E-state index contributed by atoms with van der Waals surface area (Å²) < 4.78 is 16.9. The van der Waals surface area contributed by atoms with E-state index < -0.39 is 11.9 Å². The summed E-state index contributed by atoms with van der Waals surface area (Å²) >= 11 is 0. The first kappa shape index (κ1) is 17.6. The monoisotopic (exact) mass is 353 g/mol. The lowest BCUT2D eigenvalue weighted by molar-refractivity contribution is -0.119. The van der Waals surface area contributed by atoms with Gasteiger partial charge in [-0.25, -0.2) is 0 Å². The van der Waals surface area contributed by atoms with E-state index in [1.807, 2.05) is 18.2 Å². The number of nitrogens with two attached hydrogens (primary N) is 1. The van der Waals surface area contributed by atoms with Gasteiger partial charge in [-0.05, 0) is 30.7 Å². The molecule has 0 saturated carbocycles. The van der Waals surface area contributed by atoms with Crippen molar-refractivity contribution in [3.63, 3.8) is 0 Å². The average Bonchev–Trinajstić information content (AvgIpc) is 3.15. The number of ether oxygens (including phenoxy) is 3. The SMILES string of the molecule is C[C@H](NCc1ccc(OCc2cccc(C#N)c2)c2c1OCO2)C(N)=O. The van der Waals surface area contributed by atoms with Gasteiger partial charge in [0.25, 0.3) is 0 Å². The fourth-order valence-corrected chi connectivity index (χ4v) is 2.54. The highest BCUT2D eigenvalue weighted by molar-refractivity contribution is 5.79. The number of nitrogens with one attached hydrogen (secondary N) is 1. The fourth-order valence-electron chi connectivity index (χ4n) is 2.54. The molecule has 0 spiro atoms. The van der Waals surface area contributed by atoms with Gasteiger partial charge in [0.2, 0.25) is 18.4 Å². The number of nitrogens with zero attached hydrogens (tertiary/aromatic N) is 1. The zero-order valence-electron chi connectivity index (χ0n) is 14.3. The molecule has 26 heavy (non-hydrogen) atoms. The van der Waals surface area contributed by atoms with E-state index in [0.717, 1.165) is 11.1 Å². The predicted molar refractivity (Wildman–Crippen MR) is 93.6 cm³/mol. The lowest BCUT2D eigenvalue weighted by atomic mass is 10.1. The molecule has 2 aromatic rings. The molecule has 1 atom stereocenters. The topological polar surface area (TPSA) is 107 Å². The lowest BCUT2D eigenvalue weighted by Crippen LogP contribution is -2.38. The Balaban J connectivity index is 1.72.